The molecule has 1 fully saturated rings. The Hall–Kier alpha value is -1.22. The van der Waals surface area contributed by atoms with Crippen molar-refractivity contribution in [2.45, 2.75) is 33.1 Å². The second-order valence-corrected chi connectivity index (χ2v) is 5.52. The molecule has 1 aromatic carbocycles. The Morgan fingerprint density at radius 2 is 2.15 bits per heavy atom. The summed E-state index contributed by atoms with van der Waals surface area (Å²) in [5.41, 5.74) is 1.26. The van der Waals surface area contributed by atoms with Gasteiger partial charge in [0.2, 0.25) is 0 Å². The van der Waals surface area contributed by atoms with Gasteiger partial charge in [0.25, 0.3) is 0 Å². The molecule has 1 aliphatic heterocycles. The third-order valence-electron chi connectivity index (χ3n) is 4.14. The average Bonchev–Trinajstić information content (AvgIpc) is 2.50. The number of hydrogen-bond acceptors (Lipinski definition) is 3. The molecule has 0 aromatic heterocycles. The van der Waals surface area contributed by atoms with E-state index in [4.69, 9.17) is 4.74 Å². The van der Waals surface area contributed by atoms with E-state index < -0.39 is 0 Å². The van der Waals surface area contributed by atoms with Gasteiger partial charge < -0.3 is 15.0 Å². The Bertz CT molecular complexity index is 384. The molecule has 1 N–H and O–H groups in total. The van der Waals surface area contributed by atoms with Crippen molar-refractivity contribution >= 4 is 5.69 Å². The van der Waals surface area contributed by atoms with Crippen LogP contribution in [0.1, 0.15) is 33.1 Å². The molecular weight excluding hydrogens is 248 g/mol. The lowest BCUT2D eigenvalue weighted by Gasteiger charge is -2.23. The van der Waals surface area contributed by atoms with Crippen LogP contribution in [-0.4, -0.2) is 32.8 Å². The fourth-order valence-electron chi connectivity index (χ4n) is 2.87. The molecule has 1 saturated heterocycles. The maximum Gasteiger partial charge on any atom is 0.121 e. The SMILES string of the molecule is CCN(CC)c1cccc(OCC[C@@H]2CCCNC2)c1. The van der Waals surface area contributed by atoms with Crippen LogP contribution < -0.4 is 15.0 Å². The summed E-state index contributed by atoms with van der Waals surface area (Å²) >= 11 is 0. The van der Waals surface area contributed by atoms with Gasteiger partial charge in [0.15, 0.2) is 0 Å². The van der Waals surface area contributed by atoms with Crippen LogP contribution in [-0.2, 0) is 0 Å². The average molecular weight is 276 g/mol. The molecule has 3 heteroatoms. The largest absolute Gasteiger partial charge is 0.494 e. The summed E-state index contributed by atoms with van der Waals surface area (Å²) in [7, 11) is 0. The number of benzene rings is 1. The lowest BCUT2D eigenvalue weighted by atomic mass is 9.97. The zero-order valence-electron chi connectivity index (χ0n) is 12.9. The number of rotatable bonds is 7. The predicted octanol–water partition coefficient (Wildman–Crippen LogP) is 3.30. The first-order valence-corrected chi connectivity index (χ1v) is 8.02. The van der Waals surface area contributed by atoms with E-state index in [0.717, 1.165) is 44.3 Å². The van der Waals surface area contributed by atoms with E-state index in [2.05, 4.69) is 48.3 Å². The number of nitrogens with one attached hydrogen (secondary N) is 1. The van der Waals surface area contributed by atoms with Gasteiger partial charge in [-0.05, 0) is 64.3 Å². The summed E-state index contributed by atoms with van der Waals surface area (Å²) in [6, 6.07) is 8.47. The molecule has 0 bridgehead atoms. The van der Waals surface area contributed by atoms with Crippen LogP contribution in [0, 0.1) is 5.92 Å². The van der Waals surface area contributed by atoms with Crippen molar-refractivity contribution < 1.29 is 4.74 Å². The smallest absolute Gasteiger partial charge is 0.121 e. The van der Waals surface area contributed by atoms with Crippen molar-refractivity contribution in [2.24, 2.45) is 5.92 Å². The normalized spacial score (nSPS) is 18.8. The summed E-state index contributed by atoms with van der Waals surface area (Å²) in [6.45, 7) is 9.61. The number of nitrogens with zero attached hydrogens (tertiary/aromatic N) is 1. The third kappa shape index (κ3) is 4.41. The molecule has 0 spiro atoms. The number of piperidine rings is 1. The zero-order chi connectivity index (χ0) is 14.2. The maximum atomic E-state index is 5.93. The molecule has 2 rings (SSSR count). The quantitative estimate of drug-likeness (QED) is 0.827. The molecular formula is C17H28N2O. The minimum Gasteiger partial charge on any atom is -0.494 e. The summed E-state index contributed by atoms with van der Waals surface area (Å²) < 4.78 is 5.93. The van der Waals surface area contributed by atoms with E-state index in [9.17, 15) is 0 Å². The summed E-state index contributed by atoms with van der Waals surface area (Å²) in [5, 5.41) is 3.46. The Morgan fingerprint density at radius 3 is 2.85 bits per heavy atom. The van der Waals surface area contributed by atoms with Crippen LogP contribution in [0.2, 0.25) is 0 Å². The summed E-state index contributed by atoms with van der Waals surface area (Å²) in [4.78, 5) is 2.35. The van der Waals surface area contributed by atoms with Gasteiger partial charge >= 0.3 is 0 Å². The molecule has 0 amide bonds. The highest BCUT2D eigenvalue weighted by Crippen LogP contribution is 2.22. The van der Waals surface area contributed by atoms with Gasteiger partial charge in [-0.2, -0.15) is 0 Å². The molecule has 0 saturated carbocycles. The fraction of sp³-hybridized carbons (Fsp3) is 0.647. The van der Waals surface area contributed by atoms with Gasteiger partial charge in [-0.25, -0.2) is 0 Å². The Labute approximate surface area is 123 Å². The molecule has 0 unspecified atom stereocenters. The van der Waals surface area contributed by atoms with Crippen molar-refractivity contribution in [3.8, 4) is 5.75 Å². The van der Waals surface area contributed by atoms with Gasteiger partial charge in [-0.3, -0.25) is 0 Å². The van der Waals surface area contributed by atoms with Gasteiger partial charge in [-0.1, -0.05) is 6.07 Å². The van der Waals surface area contributed by atoms with Crippen molar-refractivity contribution in [3.63, 3.8) is 0 Å². The minimum absolute atomic E-state index is 0.787. The standard InChI is InChI=1S/C17H28N2O/c1-3-19(4-2)16-8-5-9-17(13-16)20-12-10-15-7-6-11-18-14-15/h5,8-9,13,15,18H,3-4,6-7,10-12,14H2,1-2H3/t15-/m0/s1. The van der Waals surface area contributed by atoms with E-state index >= 15 is 0 Å². The van der Waals surface area contributed by atoms with E-state index in [0.29, 0.717) is 0 Å². The van der Waals surface area contributed by atoms with Gasteiger partial charge in [0.05, 0.1) is 6.61 Å². The molecule has 0 radical (unpaired) electrons. The summed E-state index contributed by atoms with van der Waals surface area (Å²) in [5.74, 6) is 1.79. The molecule has 3 nitrogen and oxygen atoms in total. The topological polar surface area (TPSA) is 24.5 Å². The number of hydrogen-bond donors (Lipinski definition) is 1. The molecule has 1 aromatic rings. The highest BCUT2D eigenvalue weighted by Gasteiger charge is 2.12. The van der Waals surface area contributed by atoms with E-state index in [1.807, 2.05) is 0 Å². The Kier molecular flexibility index (Phi) is 6.19. The van der Waals surface area contributed by atoms with Gasteiger partial charge in [0.1, 0.15) is 5.75 Å². The summed E-state index contributed by atoms with van der Waals surface area (Å²) in [6.07, 6.45) is 3.81. The van der Waals surface area contributed by atoms with Crippen molar-refractivity contribution in [2.75, 3.05) is 37.7 Å². The molecule has 1 aliphatic rings. The van der Waals surface area contributed by atoms with Gasteiger partial charge in [-0.15, -0.1) is 0 Å². The zero-order valence-corrected chi connectivity index (χ0v) is 12.9. The van der Waals surface area contributed by atoms with Crippen LogP contribution in [0.15, 0.2) is 24.3 Å². The monoisotopic (exact) mass is 276 g/mol. The van der Waals surface area contributed by atoms with E-state index in [-0.39, 0.29) is 0 Å². The van der Waals surface area contributed by atoms with Crippen LogP contribution in [0.4, 0.5) is 5.69 Å². The lowest BCUT2D eigenvalue weighted by Crippen LogP contribution is -2.30. The first-order valence-electron chi connectivity index (χ1n) is 8.02. The molecule has 1 heterocycles. The first-order chi connectivity index (χ1) is 9.83. The van der Waals surface area contributed by atoms with E-state index in [1.165, 1.54) is 25.1 Å². The van der Waals surface area contributed by atoms with Gasteiger partial charge in [0, 0.05) is 24.8 Å². The second-order valence-electron chi connectivity index (χ2n) is 5.52. The van der Waals surface area contributed by atoms with Crippen LogP contribution in [0.25, 0.3) is 0 Å². The number of anilines is 1. The van der Waals surface area contributed by atoms with Crippen molar-refractivity contribution in [1.82, 2.24) is 5.32 Å². The molecule has 0 aliphatic carbocycles. The second kappa shape index (κ2) is 8.15. The van der Waals surface area contributed by atoms with Crippen molar-refractivity contribution in [3.05, 3.63) is 24.3 Å². The van der Waals surface area contributed by atoms with Crippen LogP contribution in [0.5, 0.6) is 5.75 Å². The Morgan fingerprint density at radius 1 is 1.30 bits per heavy atom. The number of ether oxygens (including phenoxy) is 1. The van der Waals surface area contributed by atoms with E-state index in [1.54, 1.807) is 0 Å². The highest BCUT2D eigenvalue weighted by molar-refractivity contribution is 5.50. The highest BCUT2D eigenvalue weighted by atomic mass is 16.5. The van der Waals surface area contributed by atoms with Crippen LogP contribution >= 0.6 is 0 Å². The first kappa shape index (κ1) is 15.2. The lowest BCUT2D eigenvalue weighted by molar-refractivity contribution is 0.254. The minimum atomic E-state index is 0.787. The molecule has 20 heavy (non-hydrogen) atoms. The fourth-order valence-corrected chi connectivity index (χ4v) is 2.87. The molecule has 1 atom stereocenters. The maximum absolute atomic E-state index is 5.93. The molecule has 112 valence electrons. The van der Waals surface area contributed by atoms with Crippen LogP contribution in [0.3, 0.4) is 0 Å². The third-order valence-corrected chi connectivity index (χ3v) is 4.14. The predicted molar refractivity (Wildman–Crippen MR) is 85.7 cm³/mol. The Balaban J connectivity index is 1.81. The van der Waals surface area contributed by atoms with Crippen molar-refractivity contribution in [1.29, 1.82) is 0 Å².